The summed E-state index contributed by atoms with van der Waals surface area (Å²) in [5.74, 6) is 0.390. The fourth-order valence-electron chi connectivity index (χ4n) is 2.26. The number of carbonyl (C=O) groups excluding carboxylic acids is 2. The van der Waals surface area contributed by atoms with E-state index >= 15 is 0 Å². The number of hydrogen-bond donors (Lipinski definition) is 1. The van der Waals surface area contributed by atoms with Crippen molar-refractivity contribution in [3.63, 3.8) is 0 Å². The molecule has 5 nitrogen and oxygen atoms in total. The van der Waals surface area contributed by atoms with E-state index in [0.29, 0.717) is 18.8 Å². The molecule has 0 radical (unpaired) electrons. The first-order valence-electron chi connectivity index (χ1n) is 6.80. The minimum Gasteiger partial charge on any atom is -0.481 e. The number of piperazine rings is 1. The molecule has 2 atom stereocenters. The lowest BCUT2D eigenvalue weighted by molar-refractivity contribution is -0.147. The molecule has 0 saturated carbocycles. The van der Waals surface area contributed by atoms with Gasteiger partial charge in [-0.25, -0.2) is 0 Å². The van der Waals surface area contributed by atoms with Crippen LogP contribution in [0.4, 0.5) is 0 Å². The fraction of sp³-hybridized carbons (Fsp3) is 0.467. The van der Waals surface area contributed by atoms with Gasteiger partial charge in [0.25, 0.3) is 5.91 Å². The summed E-state index contributed by atoms with van der Waals surface area (Å²) in [6.07, 6.45) is -0.606. The van der Waals surface area contributed by atoms with E-state index in [1.165, 1.54) is 0 Å². The molecule has 1 aromatic rings. The van der Waals surface area contributed by atoms with Gasteiger partial charge in [0.05, 0.1) is 0 Å². The van der Waals surface area contributed by atoms with Gasteiger partial charge >= 0.3 is 0 Å². The first kappa shape index (κ1) is 14.4. The first-order chi connectivity index (χ1) is 9.49. The molecule has 1 aliphatic rings. The smallest absolute Gasteiger partial charge is 0.264 e. The molecule has 2 unspecified atom stereocenters. The Morgan fingerprint density at radius 3 is 2.95 bits per heavy atom. The molecule has 1 aliphatic heterocycles. The zero-order valence-electron chi connectivity index (χ0n) is 12.1. The third-order valence-corrected chi connectivity index (χ3v) is 3.43. The first-order valence-corrected chi connectivity index (χ1v) is 6.80. The summed E-state index contributed by atoms with van der Waals surface area (Å²) < 4.78 is 5.67. The van der Waals surface area contributed by atoms with Crippen molar-refractivity contribution in [3.8, 4) is 5.75 Å². The number of nitrogens with zero attached hydrogens (tertiary/aromatic N) is 1. The maximum absolute atomic E-state index is 12.4. The molecule has 1 fully saturated rings. The van der Waals surface area contributed by atoms with Crippen molar-refractivity contribution in [1.82, 2.24) is 10.2 Å². The second-order valence-electron chi connectivity index (χ2n) is 5.08. The monoisotopic (exact) mass is 276 g/mol. The molecule has 1 saturated heterocycles. The van der Waals surface area contributed by atoms with Crippen LogP contribution < -0.4 is 10.1 Å². The standard InChI is InChI=1S/C15H20N2O3/c1-10-5-4-6-13(9-10)20-12(3)15(19)17-8-7-16-14(18)11(17)2/h4-6,9,11-12H,7-8H2,1-3H3,(H,16,18). The minimum absolute atomic E-state index is 0.118. The van der Waals surface area contributed by atoms with Crippen molar-refractivity contribution < 1.29 is 14.3 Å². The van der Waals surface area contributed by atoms with Crippen molar-refractivity contribution in [1.29, 1.82) is 0 Å². The van der Waals surface area contributed by atoms with E-state index in [-0.39, 0.29) is 11.8 Å². The molecule has 1 heterocycles. The van der Waals surface area contributed by atoms with Gasteiger partial charge in [-0.05, 0) is 38.5 Å². The van der Waals surface area contributed by atoms with Crippen molar-refractivity contribution in [2.24, 2.45) is 0 Å². The number of aryl methyl sites for hydroxylation is 1. The lowest BCUT2D eigenvalue weighted by Gasteiger charge is -2.34. The third-order valence-electron chi connectivity index (χ3n) is 3.43. The Kier molecular flexibility index (Phi) is 4.27. The summed E-state index contributed by atoms with van der Waals surface area (Å²) in [5, 5.41) is 2.74. The van der Waals surface area contributed by atoms with Gasteiger partial charge in [0.1, 0.15) is 11.8 Å². The molecule has 20 heavy (non-hydrogen) atoms. The summed E-state index contributed by atoms with van der Waals surface area (Å²) in [6.45, 7) is 6.42. The van der Waals surface area contributed by atoms with Gasteiger partial charge in [-0.1, -0.05) is 12.1 Å². The van der Waals surface area contributed by atoms with Crippen LogP contribution in [0.15, 0.2) is 24.3 Å². The number of ether oxygens (including phenoxy) is 1. The highest BCUT2D eigenvalue weighted by Gasteiger charge is 2.32. The van der Waals surface area contributed by atoms with E-state index in [1.54, 1.807) is 18.7 Å². The second-order valence-corrected chi connectivity index (χ2v) is 5.08. The summed E-state index contributed by atoms with van der Waals surface area (Å²) >= 11 is 0. The molecule has 2 rings (SSSR count). The quantitative estimate of drug-likeness (QED) is 0.899. The predicted molar refractivity (Wildman–Crippen MR) is 75.5 cm³/mol. The molecule has 0 spiro atoms. The number of rotatable bonds is 3. The van der Waals surface area contributed by atoms with E-state index in [1.807, 2.05) is 31.2 Å². The van der Waals surface area contributed by atoms with Crippen LogP contribution in [0.1, 0.15) is 19.4 Å². The number of benzene rings is 1. The van der Waals surface area contributed by atoms with E-state index in [0.717, 1.165) is 5.56 Å². The fourth-order valence-corrected chi connectivity index (χ4v) is 2.26. The normalized spacial score (nSPS) is 20.2. The van der Waals surface area contributed by atoms with Crippen LogP contribution in [0.5, 0.6) is 5.75 Å². The molecule has 0 aliphatic carbocycles. The van der Waals surface area contributed by atoms with Gasteiger partial charge in [-0.2, -0.15) is 0 Å². The third kappa shape index (κ3) is 3.10. The largest absolute Gasteiger partial charge is 0.481 e. The SMILES string of the molecule is Cc1cccc(OC(C)C(=O)N2CCNC(=O)C2C)c1. The number of nitrogens with one attached hydrogen (secondary N) is 1. The van der Waals surface area contributed by atoms with Crippen molar-refractivity contribution >= 4 is 11.8 Å². The molecule has 5 heteroatoms. The van der Waals surface area contributed by atoms with Crippen molar-refractivity contribution in [2.45, 2.75) is 32.9 Å². The maximum atomic E-state index is 12.4. The average Bonchev–Trinajstić information content (AvgIpc) is 2.41. The van der Waals surface area contributed by atoms with Crippen LogP contribution in [0, 0.1) is 6.92 Å². The average molecular weight is 276 g/mol. The summed E-state index contributed by atoms with van der Waals surface area (Å²) in [4.78, 5) is 25.5. The van der Waals surface area contributed by atoms with Gasteiger partial charge < -0.3 is 15.0 Å². The van der Waals surface area contributed by atoms with Crippen LogP contribution in [-0.2, 0) is 9.59 Å². The van der Waals surface area contributed by atoms with Crippen LogP contribution in [0.2, 0.25) is 0 Å². The highest BCUT2D eigenvalue weighted by Crippen LogP contribution is 2.16. The highest BCUT2D eigenvalue weighted by atomic mass is 16.5. The van der Waals surface area contributed by atoms with Gasteiger partial charge in [0, 0.05) is 13.1 Å². The molecule has 108 valence electrons. The number of hydrogen-bond acceptors (Lipinski definition) is 3. The Bertz CT molecular complexity index is 516. The topological polar surface area (TPSA) is 58.6 Å². The van der Waals surface area contributed by atoms with E-state index in [4.69, 9.17) is 4.74 Å². The van der Waals surface area contributed by atoms with Crippen molar-refractivity contribution in [3.05, 3.63) is 29.8 Å². The van der Waals surface area contributed by atoms with Crippen molar-refractivity contribution in [2.75, 3.05) is 13.1 Å². The van der Waals surface area contributed by atoms with E-state index < -0.39 is 12.1 Å². The molecule has 0 bridgehead atoms. The Morgan fingerprint density at radius 1 is 1.50 bits per heavy atom. The van der Waals surface area contributed by atoms with Gasteiger partial charge in [0.15, 0.2) is 6.10 Å². The zero-order chi connectivity index (χ0) is 14.7. The van der Waals surface area contributed by atoms with Gasteiger partial charge in [-0.15, -0.1) is 0 Å². The van der Waals surface area contributed by atoms with E-state index in [9.17, 15) is 9.59 Å². The van der Waals surface area contributed by atoms with E-state index in [2.05, 4.69) is 5.32 Å². The second kappa shape index (κ2) is 5.94. The predicted octanol–water partition coefficient (Wildman–Crippen LogP) is 1.11. The Balaban J connectivity index is 2.03. The van der Waals surface area contributed by atoms with Crippen LogP contribution >= 0.6 is 0 Å². The molecule has 2 amide bonds. The lowest BCUT2D eigenvalue weighted by Crippen LogP contribution is -2.58. The van der Waals surface area contributed by atoms with Crippen LogP contribution in [0.3, 0.4) is 0 Å². The van der Waals surface area contributed by atoms with Crippen LogP contribution in [0.25, 0.3) is 0 Å². The summed E-state index contributed by atoms with van der Waals surface area (Å²) in [6, 6.07) is 7.12. The summed E-state index contributed by atoms with van der Waals surface area (Å²) in [5.41, 5.74) is 1.08. The Hall–Kier alpha value is -2.04. The van der Waals surface area contributed by atoms with Gasteiger partial charge in [0.2, 0.25) is 5.91 Å². The summed E-state index contributed by atoms with van der Waals surface area (Å²) in [7, 11) is 0. The highest BCUT2D eigenvalue weighted by molar-refractivity contribution is 5.90. The maximum Gasteiger partial charge on any atom is 0.264 e. The minimum atomic E-state index is -0.606. The molecule has 1 aromatic carbocycles. The molecule has 0 aromatic heterocycles. The Morgan fingerprint density at radius 2 is 2.25 bits per heavy atom. The number of amides is 2. The lowest BCUT2D eigenvalue weighted by atomic mass is 10.2. The molecule has 1 N–H and O–H groups in total. The zero-order valence-corrected chi connectivity index (χ0v) is 12.1. The van der Waals surface area contributed by atoms with Gasteiger partial charge in [-0.3, -0.25) is 9.59 Å². The number of carbonyl (C=O) groups is 2. The Labute approximate surface area is 118 Å². The molecular formula is C15H20N2O3. The van der Waals surface area contributed by atoms with Crippen LogP contribution in [-0.4, -0.2) is 41.9 Å². The molecular weight excluding hydrogens is 256 g/mol.